The lowest BCUT2D eigenvalue weighted by atomic mass is 10.1. The summed E-state index contributed by atoms with van der Waals surface area (Å²) in [5, 5.41) is 9.57. The fourth-order valence-corrected chi connectivity index (χ4v) is 5.51. The van der Waals surface area contributed by atoms with E-state index in [0.29, 0.717) is 12.8 Å². The molecule has 0 fully saturated rings. The summed E-state index contributed by atoms with van der Waals surface area (Å²) in [6, 6.07) is 0. The molecule has 0 spiro atoms. The highest BCUT2D eigenvalue weighted by Crippen LogP contribution is 2.13. The van der Waals surface area contributed by atoms with E-state index >= 15 is 0 Å². The Morgan fingerprint density at radius 2 is 0.865 bits per heavy atom. The topological polar surface area (TPSA) is 72.8 Å². The van der Waals surface area contributed by atoms with Gasteiger partial charge in [0.05, 0.1) is 6.61 Å². The van der Waals surface area contributed by atoms with Gasteiger partial charge in [0.1, 0.15) is 6.61 Å². The van der Waals surface area contributed by atoms with Gasteiger partial charge in [0.15, 0.2) is 6.10 Å². The van der Waals surface area contributed by atoms with Crippen molar-refractivity contribution in [3.05, 3.63) is 85.1 Å². The van der Waals surface area contributed by atoms with Gasteiger partial charge in [-0.1, -0.05) is 176 Å². The number of rotatable bonds is 37. The molecule has 1 atom stereocenters. The molecule has 0 aromatic heterocycles. The Kier molecular flexibility index (Phi) is 40.1. The zero-order valence-electron chi connectivity index (χ0n) is 33.5. The van der Waals surface area contributed by atoms with Crippen molar-refractivity contribution in [2.75, 3.05) is 13.2 Å². The second kappa shape index (κ2) is 42.5. The molecule has 0 rings (SSSR count). The second-order valence-electron chi connectivity index (χ2n) is 13.7. The van der Waals surface area contributed by atoms with Gasteiger partial charge in [0.25, 0.3) is 0 Å². The van der Waals surface area contributed by atoms with E-state index in [1.165, 1.54) is 89.9 Å². The van der Waals surface area contributed by atoms with E-state index in [-0.39, 0.29) is 31.6 Å². The van der Waals surface area contributed by atoms with E-state index in [2.05, 4.69) is 86.8 Å². The van der Waals surface area contributed by atoms with Gasteiger partial charge in [-0.2, -0.15) is 0 Å². The van der Waals surface area contributed by atoms with Gasteiger partial charge in [-0.25, -0.2) is 0 Å². The molecule has 0 aromatic carbocycles. The van der Waals surface area contributed by atoms with E-state index in [4.69, 9.17) is 9.47 Å². The van der Waals surface area contributed by atoms with Gasteiger partial charge >= 0.3 is 11.9 Å². The van der Waals surface area contributed by atoms with Crippen LogP contribution in [0.5, 0.6) is 0 Å². The smallest absolute Gasteiger partial charge is 0.306 e. The number of aliphatic hydroxyl groups is 1. The van der Waals surface area contributed by atoms with Crippen molar-refractivity contribution in [1.82, 2.24) is 0 Å². The molecule has 0 heterocycles. The number of hydrogen-bond donors (Lipinski definition) is 1. The number of aliphatic hydroxyl groups excluding tert-OH is 1. The van der Waals surface area contributed by atoms with Crippen molar-refractivity contribution in [2.24, 2.45) is 0 Å². The minimum absolute atomic E-state index is 0.111. The van der Waals surface area contributed by atoms with E-state index in [1.54, 1.807) is 0 Å². The minimum atomic E-state index is -0.807. The summed E-state index contributed by atoms with van der Waals surface area (Å²) in [6.07, 6.45) is 58.0. The first kappa shape index (κ1) is 49.1. The number of hydrogen-bond acceptors (Lipinski definition) is 5. The molecule has 0 radical (unpaired) electrons. The maximum atomic E-state index is 12.2. The molecular weight excluding hydrogens is 645 g/mol. The Morgan fingerprint density at radius 3 is 1.33 bits per heavy atom. The maximum absolute atomic E-state index is 12.2. The van der Waals surface area contributed by atoms with Gasteiger partial charge in [-0.05, 0) is 77.0 Å². The van der Waals surface area contributed by atoms with Crippen LogP contribution in [0.3, 0.4) is 0 Å². The van der Waals surface area contributed by atoms with E-state index in [0.717, 1.165) is 57.8 Å². The third kappa shape index (κ3) is 39.9. The Balaban J connectivity index is 3.68. The van der Waals surface area contributed by atoms with Crippen molar-refractivity contribution >= 4 is 11.9 Å². The molecule has 0 aliphatic rings. The second-order valence-corrected chi connectivity index (χ2v) is 13.7. The maximum Gasteiger partial charge on any atom is 0.306 e. The van der Waals surface area contributed by atoms with Crippen LogP contribution in [0.2, 0.25) is 0 Å². The molecule has 5 nitrogen and oxygen atoms in total. The molecule has 296 valence electrons. The van der Waals surface area contributed by atoms with Gasteiger partial charge in [0, 0.05) is 12.8 Å². The number of carbonyl (C=O) groups excluding carboxylic acids is 2. The number of allylic oxidation sites excluding steroid dienone is 14. The van der Waals surface area contributed by atoms with Crippen molar-refractivity contribution in [2.45, 2.75) is 187 Å². The lowest BCUT2D eigenvalue weighted by molar-refractivity contribution is -0.161. The van der Waals surface area contributed by atoms with Crippen LogP contribution in [0, 0.1) is 0 Å². The van der Waals surface area contributed by atoms with Gasteiger partial charge in [-0.15, -0.1) is 0 Å². The molecule has 0 aliphatic carbocycles. The van der Waals surface area contributed by atoms with Crippen molar-refractivity contribution < 1.29 is 24.2 Å². The van der Waals surface area contributed by atoms with E-state index < -0.39 is 6.10 Å². The van der Waals surface area contributed by atoms with Crippen LogP contribution in [0.15, 0.2) is 85.1 Å². The summed E-state index contributed by atoms with van der Waals surface area (Å²) < 4.78 is 10.6. The Bertz CT molecular complexity index is 999. The SMILES string of the molecule is CC/C=C/C/C=C/C/C=C/C/C=C/C/C=C/C/C=C/CCC(=O)OC[C@H](CO)OC(=O)CCCCCCCCCCC/C=C/CCCCCCCC. The molecule has 5 heteroatoms. The summed E-state index contributed by atoms with van der Waals surface area (Å²) in [5.74, 6) is -0.696. The number of unbranched alkanes of at least 4 members (excludes halogenated alkanes) is 15. The van der Waals surface area contributed by atoms with Crippen LogP contribution in [-0.4, -0.2) is 36.4 Å². The normalized spacial score (nSPS) is 13.1. The third-order valence-electron chi connectivity index (χ3n) is 8.69. The standard InChI is InChI=1S/C47H78O5/c1-3-5-7-9-11-13-15-17-19-21-23-25-27-29-31-33-35-37-39-41-46(49)51-44-45(43-48)52-47(50)42-40-38-36-34-32-30-28-26-24-22-20-18-16-14-12-10-8-6-4-2/h5,7,11,13,17-20,23,25,29,31,35,37,45,48H,3-4,6,8-10,12,14-16,21-22,24,26-28,30,32-34,36,38-44H2,1-2H3/b7-5+,13-11+,19-17+,20-18+,25-23+,31-29+,37-35+/t45-/m0/s1. The summed E-state index contributed by atoms with van der Waals surface area (Å²) in [6.45, 7) is 3.95. The average Bonchev–Trinajstić information content (AvgIpc) is 3.15. The molecule has 0 saturated heterocycles. The van der Waals surface area contributed by atoms with Crippen molar-refractivity contribution in [1.29, 1.82) is 0 Å². The number of ether oxygens (including phenoxy) is 2. The van der Waals surface area contributed by atoms with E-state index in [1.807, 2.05) is 12.2 Å². The fourth-order valence-electron chi connectivity index (χ4n) is 5.51. The Morgan fingerprint density at radius 1 is 0.462 bits per heavy atom. The summed E-state index contributed by atoms with van der Waals surface area (Å²) in [5.41, 5.74) is 0. The first-order valence-corrected chi connectivity index (χ1v) is 21.1. The van der Waals surface area contributed by atoms with Gasteiger partial charge in [-0.3, -0.25) is 9.59 Å². The predicted octanol–water partition coefficient (Wildman–Crippen LogP) is 13.5. The molecule has 0 amide bonds. The Hall–Kier alpha value is -2.92. The highest BCUT2D eigenvalue weighted by molar-refractivity contribution is 5.70. The quantitative estimate of drug-likeness (QED) is 0.0393. The van der Waals surface area contributed by atoms with Crippen molar-refractivity contribution in [3.63, 3.8) is 0 Å². The van der Waals surface area contributed by atoms with Crippen LogP contribution >= 0.6 is 0 Å². The largest absolute Gasteiger partial charge is 0.462 e. The van der Waals surface area contributed by atoms with Crippen LogP contribution in [0.1, 0.15) is 181 Å². The molecule has 0 unspecified atom stereocenters. The van der Waals surface area contributed by atoms with Crippen LogP contribution < -0.4 is 0 Å². The third-order valence-corrected chi connectivity index (χ3v) is 8.69. The van der Waals surface area contributed by atoms with Crippen molar-refractivity contribution in [3.8, 4) is 0 Å². The highest BCUT2D eigenvalue weighted by atomic mass is 16.6. The van der Waals surface area contributed by atoms with Crippen LogP contribution in [0.4, 0.5) is 0 Å². The monoisotopic (exact) mass is 723 g/mol. The minimum Gasteiger partial charge on any atom is -0.462 e. The lowest BCUT2D eigenvalue weighted by Crippen LogP contribution is -2.28. The van der Waals surface area contributed by atoms with Gasteiger partial charge < -0.3 is 14.6 Å². The number of carbonyl (C=O) groups is 2. The molecule has 52 heavy (non-hydrogen) atoms. The zero-order chi connectivity index (χ0) is 37.8. The first-order chi connectivity index (χ1) is 25.6. The summed E-state index contributed by atoms with van der Waals surface area (Å²) >= 11 is 0. The van der Waals surface area contributed by atoms with E-state index in [9.17, 15) is 14.7 Å². The molecular formula is C47H78O5. The molecule has 0 bridgehead atoms. The number of esters is 2. The van der Waals surface area contributed by atoms with Crippen LogP contribution in [0.25, 0.3) is 0 Å². The zero-order valence-corrected chi connectivity index (χ0v) is 33.5. The summed E-state index contributed by atoms with van der Waals surface area (Å²) in [7, 11) is 0. The highest BCUT2D eigenvalue weighted by Gasteiger charge is 2.15. The van der Waals surface area contributed by atoms with Crippen LogP contribution in [-0.2, 0) is 19.1 Å². The first-order valence-electron chi connectivity index (χ1n) is 21.1. The summed E-state index contributed by atoms with van der Waals surface area (Å²) in [4.78, 5) is 24.3. The fraction of sp³-hybridized carbons (Fsp3) is 0.660. The molecule has 0 aliphatic heterocycles. The molecule has 0 aromatic rings. The molecule has 1 N–H and O–H groups in total. The lowest BCUT2D eigenvalue weighted by Gasteiger charge is -2.15. The predicted molar refractivity (Wildman–Crippen MR) is 223 cm³/mol. The average molecular weight is 723 g/mol. The van der Waals surface area contributed by atoms with Gasteiger partial charge in [0.2, 0.25) is 0 Å². The molecule has 0 saturated carbocycles. The Labute approximate surface area is 320 Å².